The summed E-state index contributed by atoms with van der Waals surface area (Å²) in [6.45, 7) is 3.08. The first kappa shape index (κ1) is 14.8. The van der Waals surface area contributed by atoms with Crippen molar-refractivity contribution >= 4 is 17.0 Å². The van der Waals surface area contributed by atoms with Crippen LogP contribution in [0.4, 0.5) is 0 Å². The highest BCUT2D eigenvalue weighted by atomic mass is 32.1. The van der Waals surface area contributed by atoms with E-state index in [9.17, 15) is 0 Å². The Morgan fingerprint density at radius 1 is 1.26 bits per heavy atom. The van der Waals surface area contributed by atoms with Crippen molar-refractivity contribution in [2.45, 2.75) is 45.1 Å². The van der Waals surface area contributed by atoms with Crippen molar-refractivity contribution in [1.29, 1.82) is 0 Å². The Morgan fingerprint density at radius 3 is 3.09 bits per heavy atom. The molecule has 5 nitrogen and oxygen atoms in total. The molecule has 0 amide bonds. The molecule has 0 bridgehead atoms. The van der Waals surface area contributed by atoms with Crippen LogP contribution < -0.4 is 5.32 Å². The van der Waals surface area contributed by atoms with E-state index in [0.29, 0.717) is 6.04 Å². The molecule has 23 heavy (non-hydrogen) atoms. The molecule has 1 aliphatic carbocycles. The third-order valence-electron chi connectivity index (χ3n) is 4.42. The molecule has 0 saturated carbocycles. The normalized spacial score (nSPS) is 15.7. The summed E-state index contributed by atoms with van der Waals surface area (Å²) in [6, 6.07) is 6.27. The molecule has 0 spiro atoms. The predicted molar refractivity (Wildman–Crippen MR) is 91.9 cm³/mol. The third-order valence-corrected chi connectivity index (χ3v) is 5.76. The van der Waals surface area contributed by atoms with Crippen LogP contribution in [0.15, 0.2) is 24.4 Å². The molecule has 1 N–H and O–H groups in total. The Morgan fingerprint density at radius 2 is 2.17 bits per heavy atom. The summed E-state index contributed by atoms with van der Waals surface area (Å²) in [6.07, 6.45) is 7.85. The zero-order valence-electron chi connectivity index (χ0n) is 13.3. The van der Waals surface area contributed by atoms with Crippen LogP contribution in [0.25, 0.3) is 5.65 Å². The van der Waals surface area contributed by atoms with Gasteiger partial charge in [0.2, 0.25) is 0 Å². The van der Waals surface area contributed by atoms with Crippen LogP contribution in [0.1, 0.15) is 47.2 Å². The van der Waals surface area contributed by atoms with E-state index in [1.807, 2.05) is 35.7 Å². The lowest BCUT2D eigenvalue weighted by Crippen LogP contribution is -2.22. The Hall–Kier alpha value is -1.79. The van der Waals surface area contributed by atoms with Crippen molar-refractivity contribution < 1.29 is 0 Å². The standard InChI is InChI=1S/C17H21N5S/c1-12(17-19-13-6-2-3-7-14(13)23-17)18-10-9-16-21-20-15-8-4-5-11-22(15)16/h4-5,8,11-12,18H,2-3,6-7,9-10H2,1H3/t12-/m1/s1. The topological polar surface area (TPSA) is 55.1 Å². The molecule has 120 valence electrons. The second-order valence-corrected chi connectivity index (χ2v) is 7.22. The first-order valence-corrected chi connectivity index (χ1v) is 9.13. The van der Waals surface area contributed by atoms with Crippen molar-refractivity contribution in [2.24, 2.45) is 0 Å². The summed E-state index contributed by atoms with van der Waals surface area (Å²) in [7, 11) is 0. The number of hydrogen-bond donors (Lipinski definition) is 1. The summed E-state index contributed by atoms with van der Waals surface area (Å²) in [5, 5.41) is 13.3. The van der Waals surface area contributed by atoms with Gasteiger partial charge in [0.25, 0.3) is 0 Å². The molecule has 0 saturated heterocycles. The number of aromatic nitrogens is 4. The van der Waals surface area contributed by atoms with Crippen LogP contribution in [0.5, 0.6) is 0 Å². The number of nitrogens with one attached hydrogen (secondary N) is 1. The monoisotopic (exact) mass is 327 g/mol. The summed E-state index contributed by atoms with van der Waals surface area (Å²) in [4.78, 5) is 6.34. The zero-order valence-corrected chi connectivity index (χ0v) is 14.1. The summed E-state index contributed by atoms with van der Waals surface area (Å²) in [5.41, 5.74) is 2.25. The fraction of sp³-hybridized carbons (Fsp3) is 0.471. The van der Waals surface area contributed by atoms with Crippen molar-refractivity contribution in [3.63, 3.8) is 0 Å². The van der Waals surface area contributed by atoms with Gasteiger partial charge in [-0.2, -0.15) is 0 Å². The molecule has 0 fully saturated rings. The first-order chi connectivity index (χ1) is 11.3. The smallest absolute Gasteiger partial charge is 0.160 e. The van der Waals surface area contributed by atoms with Crippen molar-refractivity contribution in [3.05, 3.63) is 45.8 Å². The van der Waals surface area contributed by atoms with Crippen molar-refractivity contribution in [1.82, 2.24) is 24.9 Å². The molecule has 6 heteroatoms. The molecular formula is C17H21N5S. The average Bonchev–Trinajstić information content (AvgIpc) is 3.19. The zero-order chi connectivity index (χ0) is 15.6. The van der Waals surface area contributed by atoms with Crippen LogP contribution in [0.2, 0.25) is 0 Å². The molecule has 4 rings (SSSR count). The average molecular weight is 327 g/mol. The minimum absolute atomic E-state index is 0.296. The number of fused-ring (bicyclic) bond motifs is 2. The highest BCUT2D eigenvalue weighted by molar-refractivity contribution is 7.11. The molecule has 1 aliphatic rings. The van der Waals surface area contributed by atoms with E-state index in [4.69, 9.17) is 4.98 Å². The van der Waals surface area contributed by atoms with E-state index in [2.05, 4.69) is 26.8 Å². The van der Waals surface area contributed by atoms with Crippen LogP contribution >= 0.6 is 11.3 Å². The van der Waals surface area contributed by atoms with Crippen LogP contribution in [0.3, 0.4) is 0 Å². The quantitative estimate of drug-likeness (QED) is 0.783. The maximum atomic E-state index is 4.84. The van der Waals surface area contributed by atoms with E-state index < -0.39 is 0 Å². The molecule has 0 aliphatic heterocycles. The van der Waals surface area contributed by atoms with Crippen LogP contribution in [-0.2, 0) is 19.3 Å². The number of rotatable bonds is 5. The Balaban J connectivity index is 1.38. The Bertz CT molecular complexity index is 783. The molecular weight excluding hydrogens is 306 g/mol. The van der Waals surface area contributed by atoms with E-state index in [0.717, 1.165) is 30.9 Å². The molecule has 0 radical (unpaired) electrons. The SMILES string of the molecule is C[C@@H](NCCc1nnc2ccccn12)c1nc2c(s1)CCCC2. The molecule has 0 aromatic carbocycles. The molecule has 3 aromatic rings. The van der Waals surface area contributed by atoms with E-state index in [1.165, 1.54) is 34.8 Å². The molecule has 0 unspecified atom stereocenters. The second kappa shape index (κ2) is 6.37. The lowest BCUT2D eigenvalue weighted by atomic mass is 10.0. The van der Waals surface area contributed by atoms with Crippen LogP contribution in [0, 0.1) is 0 Å². The number of aryl methyl sites for hydroxylation is 2. The predicted octanol–water partition coefficient (Wildman–Crippen LogP) is 2.96. The second-order valence-electron chi connectivity index (χ2n) is 6.10. The Labute approximate surface area is 139 Å². The summed E-state index contributed by atoms with van der Waals surface area (Å²) < 4.78 is 2.05. The molecule has 1 atom stereocenters. The maximum Gasteiger partial charge on any atom is 0.160 e. The fourth-order valence-corrected chi connectivity index (χ4v) is 4.29. The van der Waals surface area contributed by atoms with E-state index >= 15 is 0 Å². The number of hydrogen-bond acceptors (Lipinski definition) is 5. The van der Waals surface area contributed by atoms with Gasteiger partial charge in [0, 0.05) is 24.0 Å². The van der Waals surface area contributed by atoms with Gasteiger partial charge in [0.05, 0.1) is 11.7 Å². The van der Waals surface area contributed by atoms with E-state index in [-0.39, 0.29) is 0 Å². The molecule has 3 heterocycles. The minimum atomic E-state index is 0.296. The number of pyridine rings is 1. The maximum absolute atomic E-state index is 4.84. The van der Waals surface area contributed by atoms with Gasteiger partial charge in [-0.25, -0.2) is 4.98 Å². The largest absolute Gasteiger partial charge is 0.308 e. The highest BCUT2D eigenvalue weighted by Crippen LogP contribution is 2.29. The minimum Gasteiger partial charge on any atom is -0.308 e. The fourth-order valence-electron chi connectivity index (χ4n) is 3.11. The van der Waals surface area contributed by atoms with Gasteiger partial charge in [0.15, 0.2) is 5.65 Å². The van der Waals surface area contributed by atoms with Gasteiger partial charge >= 0.3 is 0 Å². The molecule has 3 aromatic heterocycles. The van der Waals surface area contributed by atoms with Crippen LogP contribution in [-0.4, -0.2) is 26.1 Å². The van der Waals surface area contributed by atoms with Gasteiger partial charge in [-0.05, 0) is 44.7 Å². The third kappa shape index (κ3) is 3.01. The lowest BCUT2D eigenvalue weighted by molar-refractivity contribution is 0.563. The highest BCUT2D eigenvalue weighted by Gasteiger charge is 2.18. The van der Waals surface area contributed by atoms with Gasteiger partial charge in [0.1, 0.15) is 10.8 Å². The number of nitrogens with zero attached hydrogens (tertiary/aromatic N) is 4. The van der Waals surface area contributed by atoms with Gasteiger partial charge in [-0.1, -0.05) is 6.07 Å². The van der Waals surface area contributed by atoms with Gasteiger partial charge < -0.3 is 5.32 Å². The Kier molecular flexibility index (Phi) is 4.10. The van der Waals surface area contributed by atoms with Gasteiger partial charge in [-0.15, -0.1) is 21.5 Å². The number of thiazole rings is 1. The first-order valence-electron chi connectivity index (χ1n) is 8.32. The van der Waals surface area contributed by atoms with Crippen molar-refractivity contribution in [2.75, 3.05) is 6.54 Å². The van der Waals surface area contributed by atoms with E-state index in [1.54, 1.807) is 0 Å². The van der Waals surface area contributed by atoms with Crippen molar-refractivity contribution in [3.8, 4) is 0 Å². The summed E-state index contributed by atoms with van der Waals surface area (Å²) >= 11 is 1.89. The summed E-state index contributed by atoms with van der Waals surface area (Å²) in [5.74, 6) is 0.999. The lowest BCUT2D eigenvalue weighted by Gasteiger charge is -2.10. The van der Waals surface area contributed by atoms with Gasteiger partial charge in [-0.3, -0.25) is 4.40 Å².